The molecule has 7 heteroatoms. The minimum atomic E-state index is -3.66. The molecule has 104 valence electrons. The van der Waals surface area contributed by atoms with E-state index in [-0.39, 0.29) is 4.21 Å². The third-order valence-corrected chi connectivity index (χ3v) is 6.20. The van der Waals surface area contributed by atoms with Crippen LogP contribution in [0.2, 0.25) is 0 Å². The van der Waals surface area contributed by atoms with Crippen LogP contribution in [0.1, 0.15) is 16.0 Å². The van der Waals surface area contributed by atoms with Gasteiger partial charge < -0.3 is 4.74 Å². The molecule has 0 bridgehead atoms. The van der Waals surface area contributed by atoms with Gasteiger partial charge in [0.05, 0.1) is 6.61 Å². The fourth-order valence-electron chi connectivity index (χ4n) is 1.83. The van der Waals surface area contributed by atoms with Crippen LogP contribution < -0.4 is 5.14 Å². The first-order valence-corrected chi connectivity index (χ1v) is 8.96. The molecule has 0 amide bonds. The summed E-state index contributed by atoms with van der Waals surface area (Å²) in [4.78, 5) is 1.13. The van der Waals surface area contributed by atoms with E-state index in [0.717, 1.165) is 16.0 Å². The van der Waals surface area contributed by atoms with Crippen molar-refractivity contribution < 1.29 is 13.2 Å². The first-order valence-electron chi connectivity index (χ1n) is 5.65. The Labute approximate surface area is 120 Å². The summed E-state index contributed by atoms with van der Waals surface area (Å²) in [6.45, 7) is 0.568. The van der Waals surface area contributed by atoms with E-state index in [1.54, 1.807) is 18.4 Å². The van der Waals surface area contributed by atoms with Crippen molar-refractivity contribution in [3.63, 3.8) is 0 Å². The van der Waals surface area contributed by atoms with Gasteiger partial charge in [-0.1, -0.05) is 6.07 Å². The Balaban J connectivity index is 2.37. The Morgan fingerprint density at radius 2 is 2.16 bits per heavy atom. The van der Waals surface area contributed by atoms with Gasteiger partial charge in [-0.2, -0.15) is 0 Å². The van der Waals surface area contributed by atoms with Crippen LogP contribution in [-0.4, -0.2) is 22.1 Å². The lowest BCUT2D eigenvalue weighted by atomic mass is 10.1. The Kier molecular flexibility index (Phi) is 4.75. The summed E-state index contributed by atoms with van der Waals surface area (Å²) in [5.41, 5.74) is 1.82. The van der Waals surface area contributed by atoms with E-state index in [1.165, 1.54) is 11.3 Å². The minimum Gasteiger partial charge on any atom is -0.384 e. The van der Waals surface area contributed by atoms with Gasteiger partial charge in [-0.25, -0.2) is 13.6 Å². The summed E-state index contributed by atoms with van der Waals surface area (Å²) in [5, 5.41) is 9.13. The average molecular weight is 317 g/mol. The van der Waals surface area contributed by atoms with Gasteiger partial charge in [0.2, 0.25) is 10.0 Å². The highest BCUT2D eigenvalue weighted by molar-refractivity contribution is 7.91. The molecule has 0 aliphatic rings. The first-order chi connectivity index (χ1) is 9.02. The Morgan fingerprint density at radius 1 is 1.37 bits per heavy atom. The molecular formula is C12H15NO3S3. The average Bonchev–Trinajstić information content (AvgIpc) is 2.96. The predicted molar refractivity (Wildman–Crippen MR) is 78.4 cm³/mol. The van der Waals surface area contributed by atoms with E-state index in [1.807, 2.05) is 22.9 Å². The lowest BCUT2D eigenvalue weighted by Crippen LogP contribution is -2.13. The Hall–Kier alpha value is -0.730. The summed E-state index contributed by atoms with van der Waals surface area (Å²) in [6.07, 6.45) is 1.30. The molecule has 2 aromatic heterocycles. The Bertz CT molecular complexity index is 629. The molecule has 4 nitrogen and oxygen atoms in total. The molecule has 2 heterocycles. The highest BCUT2D eigenvalue weighted by atomic mass is 32.2. The molecule has 2 N–H and O–H groups in total. The zero-order valence-electron chi connectivity index (χ0n) is 10.5. The molecule has 2 aromatic rings. The molecule has 0 aromatic carbocycles. The van der Waals surface area contributed by atoms with Crippen molar-refractivity contribution in [3.8, 4) is 0 Å². The van der Waals surface area contributed by atoms with Crippen LogP contribution in [0.25, 0.3) is 0 Å². The lowest BCUT2D eigenvalue weighted by Gasteiger charge is -2.05. The Morgan fingerprint density at radius 3 is 2.74 bits per heavy atom. The number of thiophene rings is 2. The van der Waals surface area contributed by atoms with Gasteiger partial charge in [0, 0.05) is 18.4 Å². The molecule has 0 radical (unpaired) electrons. The van der Waals surface area contributed by atoms with Crippen LogP contribution in [0.15, 0.2) is 27.1 Å². The fourth-order valence-corrected chi connectivity index (χ4v) is 4.63. The second kappa shape index (κ2) is 6.15. The number of rotatable bonds is 6. The zero-order valence-corrected chi connectivity index (χ0v) is 12.9. The van der Waals surface area contributed by atoms with Crippen LogP contribution in [0, 0.1) is 0 Å². The minimum absolute atomic E-state index is 0.270. The maximum atomic E-state index is 11.6. The van der Waals surface area contributed by atoms with Gasteiger partial charge in [0.1, 0.15) is 4.21 Å². The van der Waals surface area contributed by atoms with Crippen LogP contribution in [-0.2, 0) is 27.6 Å². The molecule has 0 atom stereocenters. The van der Waals surface area contributed by atoms with Gasteiger partial charge in [0.25, 0.3) is 0 Å². The van der Waals surface area contributed by atoms with E-state index in [2.05, 4.69) is 0 Å². The summed E-state index contributed by atoms with van der Waals surface area (Å²) in [6, 6.07) is 3.95. The van der Waals surface area contributed by atoms with E-state index in [4.69, 9.17) is 9.88 Å². The van der Waals surface area contributed by atoms with Crippen molar-refractivity contribution in [2.24, 2.45) is 5.14 Å². The van der Waals surface area contributed by atoms with E-state index >= 15 is 0 Å². The van der Waals surface area contributed by atoms with E-state index < -0.39 is 10.0 Å². The second-order valence-electron chi connectivity index (χ2n) is 4.07. The maximum Gasteiger partial charge on any atom is 0.247 e. The van der Waals surface area contributed by atoms with Gasteiger partial charge in [0.15, 0.2) is 0 Å². The van der Waals surface area contributed by atoms with Crippen molar-refractivity contribution in [3.05, 3.63) is 38.9 Å². The summed E-state index contributed by atoms with van der Waals surface area (Å²) < 4.78 is 28.6. The number of sulfonamides is 1. The third-order valence-electron chi connectivity index (χ3n) is 2.71. The fraction of sp³-hybridized carbons (Fsp3) is 0.333. The van der Waals surface area contributed by atoms with Gasteiger partial charge in [-0.15, -0.1) is 22.7 Å². The topological polar surface area (TPSA) is 69.4 Å². The lowest BCUT2D eigenvalue weighted by molar-refractivity contribution is 0.202. The predicted octanol–water partition coefficient (Wildman–Crippen LogP) is 2.24. The normalized spacial score (nSPS) is 11.9. The van der Waals surface area contributed by atoms with Crippen molar-refractivity contribution in [2.45, 2.75) is 17.1 Å². The van der Waals surface area contributed by atoms with Crippen molar-refractivity contribution in [2.75, 3.05) is 13.7 Å². The van der Waals surface area contributed by atoms with Crippen LogP contribution >= 0.6 is 22.7 Å². The van der Waals surface area contributed by atoms with Gasteiger partial charge in [-0.3, -0.25) is 0 Å². The van der Waals surface area contributed by atoms with E-state index in [9.17, 15) is 8.42 Å². The zero-order chi connectivity index (χ0) is 13.9. The molecule has 0 aliphatic carbocycles. The molecule has 2 rings (SSSR count). The second-order valence-corrected chi connectivity index (χ2v) is 7.74. The molecular weight excluding hydrogens is 302 g/mol. The van der Waals surface area contributed by atoms with Crippen molar-refractivity contribution in [1.29, 1.82) is 0 Å². The molecule has 0 aliphatic heterocycles. The summed E-state index contributed by atoms with van der Waals surface area (Å²) in [7, 11) is -2.03. The number of hydrogen-bond donors (Lipinski definition) is 1. The van der Waals surface area contributed by atoms with Crippen LogP contribution in [0.3, 0.4) is 0 Å². The SMILES string of the molecule is COCCc1csc(S(N)(=O)=O)c1Cc1cccs1. The highest BCUT2D eigenvalue weighted by Crippen LogP contribution is 2.30. The van der Waals surface area contributed by atoms with Crippen LogP contribution in [0.5, 0.6) is 0 Å². The monoisotopic (exact) mass is 317 g/mol. The number of hydrogen-bond acceptors (Lipinski definition) is 5. The smallest absolute Gasteiger partial charge is 0.247 e. The molecule has 0 spiro atoms. The summed E-state index contributed by atoms with van der Waals surface area (Å²) in [5.74, 6) is 0. The largest absolute Gasteiger partial charge is 0.384 e. The number of methoxy groups -OCH3 is 1. The van der Waals surface area contributed by atoms with E-state index in [0.29, 0.717) is 19.4 Å². The highest BCUT2D eigenvalue weighted by Gasteiger charge is 2.20. The molecule has 0 unspecified atom stereocenters. The van der Waals surface area contributed by atoms with Gasteiger partial charge >= 0.3 is 0 Å². The number of primary sulfonamides is 1. The molecule has 0 fully saturated rings. The third kappa shape index (κ3) is 3.64. The number of ether oxygens (including phenoxy) is 1. The maximum absolute atomic E-state index is 11.6. The van der Waals surface area contributed by atoms with Crippen molar-refractivity contribution in [1.82, 2.24) is 0 Å². The summed E-state index contributed by atoms with van der Waals surface area (Å²) >= 11 is 2.80. The standard InChI is InChI=1S/C12H15NO3S3/c1-16-5-4-9-8-18-12(19(13,14)15)11(9)7-10-3-2-6-17-10/h2-3,6,8H,4-5,7H2,1H3,(H2,13,14,15). The quantitative estimate of drug-likeness (QED) is 0.888. The van der Waals surface area contributed by atoms with Crippen molar-refractivity contribution >= 4 is 32.7 Å². The number of nitrogens with two attached hydrogens (primary N) is 1. The molecule has 19 heavy (non-hydrogen) atoms. The molecule has 0 saturated heterocycles. The van der Waals surface area contributed by atoms with Crippen LogP contribution in [0.4, 0.5) is 0 Å². The first kappa shape index (κ1) is 14.7. The van der Waals surface area contributed by atoms with Gasteiger partial charge in [-0.05, 0) is 34.4 Å². The molecule has 0 saturated carbocycles.